The van der Waals surface area contributed by atoms with Gasteiger partial charge in [-0.15, -0.1) is 10.2 Å². The van der Waals surface area contributed by atoms with Crippen LogP contribution in [-0.4, -0.2) is 51.3 Å². The van der Waals surface area contributed by atoms with Gasteiger partial charge in [0.2, 0.25) is 11.2 Å². The Kier molecular flexibility index (Phi) is 3.79. The Balaban J connectivity index is 1.71. The summed E-state index contributed by atoms with van der Waals surface area (Å²) in [7, 11) is 0. The lowest BCUT2D eigenvalue weighted by atomic mass is 10.3. The first-order valence-electron chi connectivity index (χ1n) is 6.06. The van der Waals surface area contributed by atoms with Crippen LogP contribution in [0.15, 0.2) is 18.5 Å². The van der Waals surface area contributed by atoms with E-state index < -0.39 is 0 Å². The maximum absolute atomic E-state index is 6.01. The summed E-state index contributed by atoms with van der Waals surface area (Å²) >= 11 is 11.8. The van der Waals surface area contributed by atoms with Crippen molar-refractivity contribution in [3.8, 4) is 0 Å². The summed E-state index contributed by atoms with van der Waals surface area (Å²) in [5.74, 6) is 1.30. The van der Waals surface area contributed by atoms with Gasteiger partial charge in [-0.2, -0.15) is 4.98 Å². The van der Waals surface area contributed by atoms with Crippen molar-refractivity contribution in [3.63, 3.8) is 0 Å². The Labute approximate surface area is 125 Å². The second-order valence-electron chi connectivity index (χ2n) is 4.22. The van der Waals surface area contributed by atoms with E-state index in [1.165, 1.54) is 0 Å². The van der Waals surface area contributed by atoms with Crippen molar-refractivity contribution in [1.29, 1.82) is 0 Å². The third-order valence-electron chi connectivity index (χ3n) is 3.02. The lowest BCUT2D eigenvalue weighted by Gasteiger charge is -2.35. The third-order valence-corrected chi connectivity index (χ3v) is 3.42. The number of rotatable bonds is 2. The topological polar surface area (TPSA) is 70.9 Å². The molecule has 0 radical (unpaired) electrons. The van der Waals surface area contributed by atoms with Crippen LogP contribution < -0.4 is 9.80 Å². The van der Waals surface area contributed by atoms with E-state index in [0.29, 0.717) is 5.82 Å². The first kappa shape index (κ1) is 13.3. The number of halogens is 2. The molecule has 0 amide bonds. The predicted octanol–water partition coefficient (Wildman–Crippen LogP) is 1.29. The maximum atomic E-state index is 6.01. The molecule has 0 aliphatic carbocycles. The molecular formula is C11H11Cl2N7. The highest BCUT2D eigenvalue weighted by atomic mass is 35.5. The largest absolute Gasteiger partial charge is 0.350 e. The summed E-state index contributed by atoms with van der Waals surface area (Å²) in [6.07, 6.45) is 3.47. The first-order chi connectivity index (χ1) is 9.74. The van der Waals surface area contributed by atoms with Crippen LogP contribution in [0.4, 0.5) is 11.8 Å². The van der Waals surface area contributed by atoms with Gasteiger partial charge in [0, 0.05) is 38.6 Å². The predicted molar refractivity (Wildman–Crippen MR) is 76.3 cm³/mol. The molecule has 3 heterocycles. The van der Waals surface area contributed by atoms with Crippen LogP contribution in [-0.2, 0) is 0 Å². The minimum Gasteiger partial charge on any atom is -0.350 e. The Morgan fingerprint density at radius 2 is 1.55 bits per heavy atom. The highest BCUT2D eigenvalue weighted by Crippen LogP contribution is 2.23. The summed E-state index contributed by atoms with van der Waals surface area (Å²) in [4.78, 5) is 16.8. The average molecular weight is 312 g/mol. The molecule has 0 unspecified atom stereocenters. The highest BCUT2D eigenvalue weighted by Gasteiger charge is 2.22. The van der Waals surface area contributed by atoms with E-state index in [1.54, 1.807) is 18.5 Å². The minimum absolute atomic E-state index is 0.0956. The number of aromatic nitrogens is 5. The number of nitrogens with zero attached hydrogens (tertiary/aromatic N) is 7. The van der Waals surface area contributed by atoms with Gasteiger partial charge in [-0.3, -0.25) is 0 Å². The zero-order chi connectivity index (χ0) is 13.9. The van der Waals surface area contributed by atoms with Gasteiger partial charge in [0.1, 0.15) is 0 Å². The van der Waals surface area contributed by atoms with E-state index >= 15 is 0 Å². The van der Waals surface area contributed by atoms with Gasteiger partial charge in [0.05, 0.1) is 0 Å². The zero-order valence-electron chi connectivity index (χ0n) is 10.4. The second kappa shape index (κ2) is 5.72. The highest BCUT2D eigenvalue weighted by molar-refractivity contribution is 6.32. The molecule has 0 N–H and O–H groups in total. The molecule has 1 saturated heterocycles. The summed E-state index contributed by atoms with van der Waals surface area (Å²) in [6, 6.07) is 1.80. The number of anilines is 2. The molecule has 0 bridgehead atoms. The molecule has 104 valence electrons. The van der Waals surface area contributed by atoms with Gasteiger partial charge in [-0.25, -0.2) is 9.97 Å². The van der Waals surface area contributed by atoms with E-state index in [-0.39, 0.29) is 10.4 Å². The fraction of sp³-hybridized carbons (Fsp3) is 0.364. The summed E-state index contributed by atoms with van der Waals surface area (Å²) in [5.41, 5.74) is 0. The van der Waals surface area contributed by atoms with Crippen molar-refractivity contribution in [3.05, 3.63) is 28.9 Å². The van der Waals surface area contributed by atoms with Crippen LogP contribution in [0.2, 0.25) is 10.4 Å². The SMILES string of the molecule is Clc1nnc(Cl)c(N2CCN(c3ncccn3)CC2)n1. The van der Waals surface area contributed by atoms with E-state index in [9.17, 15) is 0 Å². The van der Waals surface area contributed by atoms with E-state index in [4.69, 9.17) is 23.2 Å². The quantitative estimate of drug-likeness (QED) is 0.827. The van der Waals surface area contributed by atoms with Crippen LogP contribution in [0, 0.1) is 0 Å². The molecule has 1 fully saturated rings. The zero-order valence-corrected chi connectivity index (χ0v) is 12.0. The summed E-state index contributed by atoms with van der Waals surface area (Å²) in [6.45, 7) is 3.05. The Morgan fingerprint density at radius 1 is 0.900 bits per heavy atom. The summed E-state index contributed by atoms with van der Waals surface area (Å²) in [5, 5.41) is 7.74. The fourth-order valence-electron chi connectivity index (χ4n) is 2.06. The molecule has 9 heteroatoms. The lowest BCUT2D eigenvalue weighted by molar-refractivity contribution is 0.632. The van der Waals surface area contributed by atoms with Crippen molar-refractivity contribution in [2.24, 2.45) is 0 Å². The van der Waals surface area contributed by atoms with Crippen LogP contribution in [0.25, 0.3) is 0 Å². The van der Waals surface area contributed by atoms with Gasteiger partial charge < -0.3 is 9.80 Å². The van der Waals surface area contributed by atoms with E-state index in [1.807, 2.05) is 4.90 Å². The van der Waals surface area contributed by atoms with Crippen molar-refractivity contribution in [2.75, 3.05) is 36.0 Å². The summed E-state index contributed by atoms with van der Waals surface area (Å²) < 4.78 is 0. The minimum atomic E-state index is 0.0956. The van der Waals surface area contributed by atoms with Crippen LogP contribution in [0.3, 0.4) is 0 Å². The molecule has 0 spiro atoms. The second-order valence-corrected chi connectivity index (χ2v) is 4.91. The molecule has 0 aromatic carbocycles. The maximum Gasteiger partial charge on any atom is 0.245 e. The number of piperazine rings is 1. The molecule has 1 aliphatic heterocycles. The fourth-order valence-corrected chi connectivity index (χ4v) is 2.38. The molecule has 2 aromatic heterocycles. The van der Waals surface area contributed by atoms with Crippen molar-refractivity contribution in [1.82, 2.24) is 25.1 Å². The Morgan fingerprint density at radius 3 is 2.25 bits per heavy atom. The van der Waals surface area contributed by atoms with Gasteiger partial charge in [-0.1, -0.05) is 11.6 Å². The molecule has 3 rings (SSSR count). The molecule has 7 nitrogen and oxygen atoms in total. The van der Waals surface area contributed by atoms with E-state index in [0.717, 1.165) is 32.1 Å². The van der Waals surface area contributed by atoms with Gasteiger partial charge in [0.15, 0.2) is 11.0 Å². The van der Waals surface area contributed by atoms with Crippen LogP contribution in [0.5, 0.6) is 0 Å². The van der Waals surface area contributed by atoms with Gasteiger partial charge >= 0.3 is 0 Å². The van der Waals surface area contributed by atoms with Crippen LogP contribution >= 0.6 is 23.2 Å². The molecule has 1 aliphatic rings. The van der Waals surface area contributed by atoms with Crippen molar-refractivity contribution < 1.29 is 0 Å². The molecule has 20 heavy (non-hydrogen) atoms. The molecule has 0 atom stereocenters. The normalized spacial score (nSPS) is 15.5. The molecule has 0 saturated carbocycles. The Hall–Kier alpha value is -1.73. The third kappa shape index (κ3) is 2.73. The van der Waals surface area contributed by atoms with Gasteiger partial charge in [-0.05, 0) is 17.7 Å². The Bertz CT molecular complexity index is 587. The smallest absolute Gasteiger partial charge is 0.245 e. The first-order valence-corrected chi connectivity index (χ1v) is 6.82. The molecule has 2 aromatic rings. The van der Waals surface area contributed by atoms with Crippen LogP contribution in [0.1, 0.15) is 0 Å². The van der Waals surface area contributed by atoms with Gasteiger partial charge in [0.25, 0.3) is 0 Å². The standard InChI is InChI=1S/C11H11Cl2N7/c12-8-9(16-10(13)18-17-8)19-4-6-20(7-5-19)11-14-2-1-3-15-11/h1-3H,4-7H2. The monoisotopic (exact) mass is 311 g/mol. The average Bonchev–Trinajstić information content (AvgIpc) is 2.51. The number of hydrogen-bond acceptors (Lipinski definition) is 7. The molecular weight excluding hydrogens is 301 g/mol. The van der Waals surface area contributed by atoms with Crippen molar-refractivity contribution >= 4 is 35.0 Å². The van der Waals surface area contributed by atoms with E-state index in [2.05, 4.69) is 30.0 Å². The lowest BCUT2D eigenvalue weighted by Crippen LogP contribution is -2.47. The van der Waals surface area contributed by atoms with Crippen molar-refractivity contribution in [2.45, 2.75) is 0 Å². The number of hydrogen-bond donors (Lipinski definition) is 0.